The number of guanidine groups is 1. The Hall–Kier alpha value is -1.02. The Morgan fingerprint density at radius 1 is 1.22 bits per heavy atom. The SMILES string of the molecule is CN=C(NCCCOc1ccccc1C)NCC(C)(C)OC.I. The normalized spacial score (nSPS) is 11.6. The lowest BCUT2D eigenvalue weighted by atomic mass is 10.1. The van der Waals surface area contributed by atoms with E-state index in [0.29, 0.717) is 13.2 Å². The summed E-state index contributed by atoms with van der Waals surface area (Å²) in [4.78, 5) is 4.19. The number of benzene rings is 1. The molecule has 1 rings (SSSR count). The molecule has 0 aliphatic rings. The molecule has 0 amide bonds. The Bertz CT molecular complexity index is 479. The molecule has 0 atom stereocenters. The van der Waals surface area contributed by atoms with Crippen LogP contribution >= 0.6 is 24.0 Å². The van der Waals surface area contributed by atoms with Crippen molar-refractivity contribution in [2.45, 2.75) is 32.8 Å². The summed E-state index contributed by atoms with van der Waals surface area (Å²) in [5.41, 5.74) is 0.945. The van der Waals surface area contributed by atoms with Gasteiger partial charge in [0.15, 0.2) is 5.96 Å². The van der Waals surface area contributed by atoms with Crippen molar-refractivity contribution in [3.05, 3.63) is 29.8 Å². The zero-order valence-electron chi connectivity index (χ0n) is 14.8. The van der Waals surface area contributed by atoms with Crippen LogP contribution in [0.25, 0.3) is 0 Å². The zero-order chi connectivity index (χ0) is 16.4. The smallest absolute Gasteiger partial charge is 0.191 e. The first-order valence-electron chi connectivity index (χ1n) is 7.66. The minimum Gasteiger partial charge on any atom is -0.493 e. The maximum atomic E-state index is 5.76. The molecule has 0 fully saturated rings. The van der Waals surface area contributed by atoms with Crippen LogP contribution in [0.1, 0.15) is 25.8 Å². The fourth-order valence-corrected chi connectivity index (χ4v) is 1.77. The summed E-state index contributed by atoms with van der Waals surface area (Å²) in [6.45, 7) is 8.30. The molecular weight excluding hydrogens is 405 g/mol. The van der Waals surface area contributed by atoms with Crippen LogP contribution in [0.5, 0.6) is 5.75 Å². The molecule has 0 saturated heterocycles. The number of methoxy groups -OCH3 is 1. The standard InChI is InChI=1S/C17H29N3O2.HI/c1-14-9-6-7-10-15(14)22-12-8-11-19-16(18-4)20-13-17(2,3)21-5;/h6-7,9-10H,8,11-13H2,1-5H3,(H2,18,19,20);1H. The van der Waals surface area contributed by atoms with Crippen molar-refractivity contribution < 1.29 is 9.47 Å². The van der Waals surface area contributed by atoms with Crippen molar-refractivity contribution in [3.63, 3.8) is 0 Å². The number of hydrogen-bond acceptors (Lipinski definition) is 3. The van der Waals surface area contributed by atoms with Crippen molar-refractivity contribution in [2.75, 3.05) is 33.9 Å². The second-order valence-corrected chi connectivity index (χ2v) is 5.78. The van der Waals surface area contributed by atoms with Crippen LogP contribution in [0.15, 0.2) is 29.3 Å². The summed E-state index contributed by atoms with van der Waals surface area (Å²) in [6, 6.07) is 8.05. The molecule has 0 aliphatic heterocycles. The molecule has 5 nitrogen and oxygen atoms in total. The van der Waals surface area contributed by atoms with Crippen molar-refractivity contribution in [1.29, 1.82) is 0 Å². The molecule has 0 aromatic heterocycles. The Labute approximate surface area is 157 Å². The van der Waals surface area contributed by atoms with Gasteiger partial charge in [-0.25, -0.2) is 0 Å². The summed E-state index contributed by atoms with van der Waals surface area (Å²) in [5.74, 6) is 1.73. The van der Waals surface area contributed by atoms with Crippen LogP contribution < -0.4 is 15.4 Å². The molecule has 23 heavy (non-hydrogen) atoms. The van der Waals surface area contributed by atoms with E-state index in [1.807, 2.05) is 32.0 Å². The van der Waals surface area contributed by atoms with E-state index in [1.165, 1.54) is 0 Å². The molecule has 1 aromatic carbocycles. The number of nitrogens with one attached hydrogen (secondary N) is 2. The number of rotatable bonds is 8. The molecule has 0 heterocycles. The highest BCUT2D eigenvalue weighted by molar-refractivity contribution is 14.0. The lowest BCUT2D eigenvalue weighted by Gasteiger charge is -2.24. The van der Waals surface area contributed by atoms with E-state index in [-0.39, 0.29) is 29.6 Å². The highest BCUT2D eigenvalue weighted by atomic mass is 127. The third-order valence-electron chi connectivity index (χ3n) is 3.42. The highest BCUT2D eigenvalue weighted by Crippen LogP contribution is 2.15. The molecule has 2 N–H and O–H groups in total. The second-order valence-electron chi connectivity index (χ2n) is 5.78. The maximum Gasteiger partial charge on any atom is 0.191 e. The summed E-state index contributed by atoms with van der Waals surface area (Å²) in [5, 5.41) is 6.52. The number of aliphatic imine (C=N–C) groups is 1. The predicted molar refractivity (Wildman–Crippen MR) is 107 cm³/mol. The van der Waals surface area contributed by atoms with Gasteiger partial charge in [0.2, 0.25) is 0 Å². The van der Waals surface area contributed by atoms with E-state index >= 15 is 0 Å². The Morgan fingerprint density at radius 2 is 1.91 bits per heavy atom. The molecule has 0 aliphatic carbocycles. The molecular formula is C17H30IN3O2. The van der Waals surface area contributed by atoms with Crippen LogP contribution in [0.4, 0.5) is 0 Å². The first-order valence-corrected chi connectivity index (χ1v) is 7.66. The van der Waals surface area contributed by atoms with Gasteiger partial charge in [-0.15, -0.1) is 24.0 Å². The Morgan fingerprint density at radius 3 is 2.52 bits per heavy atom. The quantitative estimate of drug-likeness (QED) is 0.285. The van der Waals surface area contributed by atoms with Crippen molar-refractivity contribution in [2.24, 2.45) is 4.99 Å². The van der Waals surface area contributed by atoms with E-state index in [1.54, 1.807) is 14.2 Å². The molecule has 0 spiro atoms. The molecule has 0 unspecified atom stereocenters. The van der Waals surface area contributed by atoms with Crippen LogP contribution in [0.3, 0.4) is 0 Å². The van der Waals surface area contributed by atoms with Gasteiger partial charge >= 0.3 is 0 Å². The fraction of sp³-hybridized carbons (Fsp3) is 0.588. The van der Waals surface area contributed by atoms with Crippen LogP contribution in [-0.4, -0.2) is 45.4 Å². The zero-order valence-corrected chi connectivity index (χ0v) is 17.1. The minimum atomic E-state index is -0.217. The van der Waals surface area contributed by atoms with E-state index in [4.69, 9.17) is 9.47 Å². The topological polar surface area (TPSA) is 54.9 Å². The maximum absolute atomic E-state index is 5.76. The number of aryl methyl sites for hydroxylation is 1. The molecule has 1 aromatic rings. The van der Waals surface area contributed by atoms with E-state index in [0.717, 1.165) is 30.2 Å². The number of halogens is 1. The molecule has 6 heteroatoms. The van der Waals surface area contributed by atoms with Gasteiger partial charge < -0.3 is 20.1 Å². The fourth-order valence-electron chi connectivity index (χ4n) is 1.77. The van der Waals surface area contributed by atoms with Gasteiger partial charge in [0, 0.05) is 27.2 Å². The Kier molecular flexibility index (Phi) is 11.0. The number of nitrogens with zero attached hydrogens (tertiary/aromatic N) is 1. The van der Waals surface area contributed by atoms with Crippen molar-refractivity contribution in [1.82, 2.24) is 10.6 Å². The Balaban J connectivity index is 0.00000484. The summed E-state index contributed by atoms with van der Waals surface area (Å²) < 4.78 is 11.1. The summed E-state index contributed by atoms with van der Waals surface area (Å²) in [6.07, 6.45) is 0.905. The second kappa shape index (κ2) is 11.5. The van der Waals surface area contributed by atoms with Crippen LogP contribution in [0, 0.1) is 6.92 Å². The molecule has 0 bridgehead atoms. The lowest BCUT2D eigenvalue weighted by Crippen LogP contribution is -2.45. The van der Waals surface area contributed by atoms with Gasteiger partial charge in [-0.3, -0.25) is 4.99 Å². The van der Waals surface area contributed by atoms with Crippen LogP contribution in [0.2, 0.25) is 0 Å². The minimum absolute atomic E-state index is 0. The summed E-state index contributed by atoms with van der Waals surface area (Å²) in [7, 11) is 3.47. The predicted octanol–water partition coefficient (Wildman–Crippen LogP) is 2.97. The average molecular weight is 435 g/mol. The summed E-state index contributed by atoms with van der Waals surface area (Å²) >= 11 is 0. The van der Waals surface area contributed by atoms with Gasteiger partial charge in [0.1, 0.15) is 5.75 Å². The molecule has 132 valence electrons. The average Bonchev–Trinajstić information content (AvgIpc) is 2.51. The highest BCUT2D eigenvalue weighted by Gasteiger charge is 2.16. The number of hydrogen-bond donors (Lipinski definition) is 2. The number of ether oxygens (including phenoxy) is 2. The van der Waals surface area contributed by atoms with E-state index in [2.05, 4.69) is 28.6 Å². The van der Waals surface area contributed by atoms with Crippen molar-refractivity contribution in [3.8, 4) is 5.75 Å². The van der Waals surface area contributed by atoms with E-state index in [9.17, 15) is 0 Å². The first kappa shape index (κ1) is 22.0. The largest absolute Gasteiger partial charge is 0.493 e. The van der Waals surface area contributed by atoms with Gasteiger partial charge in [-0.1, -0.05) is 18.2 Å². The van der Waals surface area contributed by atoms with Crippen LogP contribution in [-0.2, 0) is 4.74 Å². The van der Waals surface area contributed by atoms with E-state index < -0.39 is 0 Å². The van der Waals surface area contributed by atoms with Gasteiger partial charge in [-0.05, 0) is 38.8 Å². The molecule has 0 radical (unpaired) electrons. The third-order valence-corrected chi connectivity index (χ3v) is 3.42. The molecule has 0 saturated carbocycles. The monoisotopic (exact) mass is 435 g/mol. The third kappa shape index (κ3) is 9.00. The van der Waals surface area contributed by atoms with Gasteiger partial charge in [0.05, 0.1) is 12.2 Å². The number of para-hydroxylation sites is 1. The van der Waals surface area contributed by atoms with Crippen molar-refractivity contribution >= 4 is 29.9 Å². The lowest BCUT2D eigenvalue weighted by molar-refractivity contribution is 0.0268. The van der Waals surface area contributed by atoms with Gasteiger partial charge in [-0.2, -0.15) is 0 Å². The first-order chi connectivity index (χ1) is 10.5. The van der Waals surface area contributed by atoms with Gasteiger partial charge in [0.25, 0.3) is 0 Å².